The van der Waals surface area contributed by atoms with E-state index in [1.165, 1.54) is 4.68 Å². The zero-order valence-corrected chi connectivity index (χ0v) is 21.6. The van der Waals surface area contributed by atoms with Crippen molar-refractivity contribution in [2.24, 2.45) is 5.73 Å². The molecular weight excluding hydrogens is 482 g/mol. The lowest BCUT2D eigenvalue weighted by Crippen LogP contribution is -2.39. The molecule has 0 saturated heterocycles. The number of amides is 2. The summed E-state index contributed by atoms with van der Waals surface area (Å²) in [6.07, 6.45) is 6.45. The Hall–Kier alpha value is -4.44. The van der Waals surface area contributed by atoms with Crippen LogP contribution in [0.5, 0.6) is 5.75 Å². The highest BCUT2D eigenvalue weighted by Crippen LogP contribution is 2.30. The average molecular weight is 514 g/mol. The highest BCUT2D eigenvalue weighted by molar-refractivity contribution is 6.09. The molecule has 0 saturated carbocycles. The van der Waals surface area contributed by atoms with Gasteiger partial charge < -0.3 is 25.3 Å². The Balaban J connectivity index is 1.42. The molecule has 0 bridgehead atoms. The van der Waals surface area contributed by atoms with Crippen LogP contribution in [0.2, 0.25) is 0 Å². The highest BCUT2D eigenvalue weighted by Gasteiger charge is 2.34. The summed E-state index contributed by atoms with van der Waals surface area (Å²) in [7, 11) is 1.58. The van der Waals surface area contributed by atoms with Crippen molar-refractivity contribution in [2.45, 2.75) is 32.7 Å². The number of nitrogens with zero attached hydrogens (tertiary/aromatic N) is 5. The van der Waals surface area contributed by atoms with Crippen LogP contribution >= 0.6 is 0 Å². The first kappa shape index (κ1) is 25.2. The zero-order valence-electron chi connectivity index (χ0n) is 21.6. The van der Waals surface area contributed by atoms with Crippen molar-refractivity contribution in [1.82, 2.24) is 24.6 Å². The molecule has 1 aliphatic heterocycles. The van der Waals surface area contributed by atoms with Crippen molar-refractivity contribution >= 4 is 17.5 Å². The Morgan fingerprint density at radius 2 is 1.79 bits per heavy atom. The van der Waals surface area contributed by atoms with Gasteiger partial charge in [0.2, 0.25) is 0 Å². The molecule has 0 spiro atoms. The van der Waals surface area contributed by atoms with Gasteiger partial charge in [-0.15, -0.1) is 0 Å². The Morgan fingerprint density at radius 1 is 1.08 bits per heavy atom. The van der Waals surface area contributed by atoms with Gasteiger partial charge in [0.05, 0.1) is 19.3 Å². The van der Waals surface area contributed by atoms with Crippen molar-refractivity contribution in [1.29, 1.82) is 0 Å². The molecule has 5 rings (SSSR count). The van der Waals surface area contributed by atoms with Crippen LogP contribution in [-0.2, 0) is 13.0 Å². The Kier molecular flexibility index (Phi) is 7.23. The Labute approximate surface area is 221 Å². The average Bonchev–Trinajstić information content (AvgIpc) is 3.57. The molecule has 2 amide bonds. The minimum absolute atomic E-state index is 0.124. The molecule has 3 heterocycles. The highest BCUT2D eigenvalue weighted by atomic mass is 16.5. The van der Waals surface area contributed by atoms with E-state index in [1.807, 2.05) is 35.0 Å². The fraction of sp³-hybridized carbons (Fsp3) is 0.286. The van der Waals surface area contributed by atoms with E-state index in [-0.39, 0.29) is 11.6 Å². The van der Waals surface area contributed by atoms with E-state index in [2.05, 4.69) is 22.3 Å². The van der Waals surface area contributed by atoms with Crippen LogP contribution in [0.1, 0.15) is 52.1 Å². The van der Waals surface area contributed by atoms with Gasteiger partial charge >= 0.3 is 0 Å². The number of rotatable bonds is 10. The molecule has 10 heteroatoms. The summed E-state index contributed by atoms with van der Waals surface area (Å²) in [6.45, 7) is 4.21. The van der Waals surface area contributed by atoms with Gasteiger partial charge in [-0.1, -0.05) is 13.3 Å². The first-order valence-corrected chi connectivity index (χ1v) is 12.7. The van der Waals surface area contributed by atoms with E-state index in [4.69, 9.17) is 10.5 Å². The van der Waals surface area contributed by atoms with Crippen LogP contribution in [0.25, 0.3) is 11.4 Å². The molecular formula is C28H31N7O3. The predicted octanol–water partition coefficient (Wildman–Crippen LogP) is 3.26. The second-order valence-corrected chi connectivity index (χ2v) is 9.12. The van der Waals surface area contributed by atoms with Gasteiger partial charge in [0.25, 0.3) is 11.8 Å². The molecule has 0 unspecified atom stereocenters. The minimum atomic E-state index is -0.653. The molecule has 38 heavy (non-hydrogen) atoms. The van der Waals surface area contributed by atoms with E-state index >= 15 is 0 Å². The first-order chi connectivity index (χ1) is 18.5. The molecule has 0 fully saturated rings. The smallest absolute Gasteiger partial charge is 0.277 e. The second-order valence-electron chi connectivity index (χ2n) is 9.12. The predicted molar refractivity (Wildman–Crippen MR) is 144 cm³/mol. The third-order valence-corrected chi connectivity index (χ3v) is 6.71. The van der Waals surface area contributed by atoms with Gasteiger partial charge in [0.1, 0.15) is 17.3 Å². The van der Waals surface area contributed by atoms with Crippen molar-refractivity contribution in [3.05, 3.63) is 83.7 Å². The van der Waals surface area contributed by atoms with Crippen molar-refractivity contribution in [3.63, 3.8) is 0 Å². The van der Waals surface area contributed by atoms with E-state index in [1.54, 1.807) is 42.5 Å². The number of ether oxygens (including phenoxy) is 1. The number of nitrogens with one attached hydrogen (secondary N) is 1. The number of hydrogen-bond donors (Lipinski definition) is 2. The maximum atomic E-state index is 13.8. The van der Waals surface area contributed by atoms with Crippen molar-refractivity contribution < 1.29 is 14.3 Å². The van der Waals surface area contributed by atoms with Crippen LogP contribution < -0.4 is 20.7 Å². The number of fused-ring (bicyclic) bond motifs is 1. The lowest BCUT2D eigenvalue weighted by molar-refractivity contribution is 0.0972. The van der Waals surface area contributed by atoms with Gasteiger partial charge in [0, 0.05) is 35.9 Å². The van der Waals surface area contributed by atoms with Gasteiger partial charge in [-0.25, -0.2) is 9.67 Å². The second kappa shape index (κ2) is 10.9. The normalized spacial score (nSPS) is 13.0. The maximum Gasteiger partial charge on any atom is 0.277 e. The summed E-state index contributed by atoms with van der Waals surface area (Å²) in [6, 6.07) is 14.9. The number of primary amides is 1. The number of aromatic nitrogens is 4. The monoisotopic (exact) mass is 513 g/mol. The quantitative estimate of drug-likeness (QED) is 0.314. The number of carbonyl (C=O) groups excluding carboxylic acids is 2. The summed E-state index contributed by atoms with van der Waals surface area (Å²) >= 11 is 0. The fourth-order valence-corrected chi connectivity index (χ4v) is 4.71. The molecule has 2 aromatic carbocycles. The molecule has 0 aliphatic carbocycles. The standard InChI is InChI=1S/C28H31N7O3/c1-3-4-14-30-18-24-31-15-17-33(24)19-5-7-20(8-6-19)34-16-13-23-25(27(29)36)32-35(26(23)28(34)37)21-9-11-22(38-2)12-10-21/h5-12,15,17,30H,3-4,13-14,16,18H2,1-2H3,(H2,29,36). The number of hydrogen-bond acceptors (Lipinski definition) is 6. The number of anilines is 1. The van der Waals surface area contributed by atoms with E-state index in [9.17, 15) is 9.59 Å². The molecule has 3 N–H and O–H groups in total. The van der Waals surface area contributed by atoms with Gasteiger partial charge in [0.15, 0.2) is 5.69 Å². The van der Waals surface area contributed by atoms with Crippen LogP contribution in [0.3, 0.4) is 0 Å². The molecule has 10 nitrogen and oxygen atoms in total. The van der Waals surface area contributed by atoms with Gasteiger partial charge in [-0.2, -0.15) is 5.10 Å². The molecule has 0 radical (unpaired) electrons. The topological polar surface area (TPSA) is 120 Å². The lowest BCUT2D eigenvalue weighted by Gasteiger charge is -2.28. The van der Waals surface area contributed by atoms with Crippen LogP contribution in [0.4, 0.5) is 5.69 Å². The Morgan fingerprint density at radius 3 is 2.47 bits per heavy atom. The number of benzene rings is 2. The van der Waals surface area contributed by atoms with E-state index in [0.717, 1.165) is 36.6 Å². The summed E-state index contributed by atoms with van der Waals surface area (Å²) in [5, 5.41) is 7.85. The molecule has 2 aromatic heterocycles. The summed E-state index contributed by atoms with van der Waals surface area (Å²) in [5.41, 5.74) is 9.02. The third-order valence-electron chi connectivity index (χ3n) is 6.71. The number of carbonyl (C=O) groups is 2. The summed E-state index contributed by atoms with van der Waals surface area (Å²) in [5.74, 6) is 0.711. The number of methoxy groups -OCH3 is 1. The third kappa shape index (κ3) is 4.78. The first-order valence-electron chi connectivity index (χ1n) is 12.7. The number of unbranched alkanes of at least 4 members (excludes halogenated alkanes) is 1. The number of nitrogens with two attached hydrogens (primary N) is 1. The van der Waals surface area contributed by atoms with E-state index in [0.29, 0.717) is 42.2 Å². The van der Waals surface area contributed by atoms with Gasteiger partial charge in [-0.05, 0) is 67.9 Å². The van der Waals surface area contributed by atoms with Crippen LogP contribution in [0.15, 0.2) is 60.9 Å². The summed E-state index contributed by atoms with van der Waals surface area (Å²) in [4.78, 5) is 32.1. The molecule has 0 atom stereocenters. The molecule has 1 aliphatic rings. The fourth-order valence-electron chi connectivity index (χ4n) is 4.71. The van der Waals surface area contributed by atoms with Gasteiger partial charge in [-0.3, -0.25) is 9.59 Å². The maximum absolute atomic E-state index is 13.8. The largest absolute Gasteiger partial charge is 0.497 e. The Bertz CT molecular complexity index is 1440. The van der Waals surface area contributed by atoms with Crippen molar-refractivity contribution in [2.75, 3.05) is 25.1 Å². The lowest BCUT2D eigenvalue weighted by atomic mass is 10.0. The SMILES string of the molecule is CCCCNCc1nccn1-c1ccc(N2CCc3c(C(N)=O)nn(-c4ccc(OC)cc4)c3C2=O)cc1. The molecule has 4 aromatic rings. The van der Waals surface area contributed by atoms with Crippen LogP contribution in [-0.4, -0.2) is 51.3 Å². The van der Waals surface area contributed by atoms with Crippen molar-refractivity contribution in [3.8, 4) is 17.1 Å². The minimum Gasteiger partial charge on any atom is -0.497 e. The molecule has 196 valence electrons. The summed E-state index contributed by atoms with van der Waals surface area (Å²) < 4.78 is 8.78. The van der Waals surface area contributed by atoms with Crippen LogP contribution in [0, 0.1) is 0 Å². The zero-order chi connectivity index (χ0) is 26.6. The van der Waals surface area contributed by atoms with E-state index < -0.39 is 5.91 Å². The number of imidazole rings is 1.